The molecule has 0 aliphatic carbocycles. The van der Waals surface area contributed by atoms with E-state index in [-0.39, 0.29) is 11.5 Å². The predicted molar refractivity (Wildman–Crippen MR) is 83.8 cm³/mol. The molecule has 0 saturated heterocycles. The highest BCUT2D eigenvalue weighted by Gasteiger charge is 2.13. The lowest BCUT2D eigenvalue weighted by atomic mass is 10.1. The molecule has 2 rings (SSSR count). The van der Waals surface area contributed by atoms with E-state index in [0.29, 0.717) is 27.2 Å². The zero-order valence-corrected chi connectivity index (χ0v) is 13.1. The van der Waals surface area contributed by atoms with Crippen LogP contribution in [0.2, 0.25) is 8.67 Å². The predicted octanol–water partition coefficient (Wildman–Crippen LogP) is 3.73. The number of thiophene rings is 1. The van der Waals surface area contributed by atoms with Gasteiger partial charge in [-0.05, 0) is 30.2 Å². The lowest BCUT2D eigenvalue weighted by molar-refractivity contribution is 0.0696. The minimum atomic E-state index is -0.972. The van der Waals surface area contributed by atoms with Gasteiger partial charge in [0.1, 0.15) is 4.34 Å². The molecule has 21 heavy (non-hydrogen) atoms. The third kappa shape index (κ3) is 4.20. The molecule has 1 amide bonds. The summed E-state index contributed by atoms with van der Waals surface area (Å²) in [5.41, 5.74) is 1.42. The quantitative estimate of drug-likeness (QED) is 0.869. The van der Waals surface area contributed by atoms with Gasteiger partial charge in [-0.1, -0.05) is 35.3 Å². The molecule has 4 nitrogen and oxygen atoms in total. The second kappa shape index (κ2) is 6.93. The highest BCUT2D eigenvalue weighted by atomic mass is 35.5. The Labute approximate surface area is 135 Å². The molecule has 0 spiro atoms. The van der Waals surface area contributed by atoms with Crippen LogP contribution < -0.4 is 5.32 Å². The summed E-state index contributed by atoms with van der Waals surface area (Å²) in [6.45, 7) is 0.381. The van der Waals surface area contributed by atoms with Crippen molar-refractivity contribution < 1.29 is 14.7 Å². The second-order valence-electron chi connectivity index (χ2n) is 4.25. The number of halogens is 2. The molecular formula is C14H11Cl2NO3S. The fourth-order valence-electron chi connectivity index (χ4n) is 1.77. The summed E-state index contributed by atoms with van der Waals surface area (Å²) in [6.07, 6.45) is 0.530. The zero-order valence-electron chi connectivity index (χ0n) is 10.7. The van der Waals surface area contributed by atoms with Crippen LogP contribution in [0, 0.1) is 0 Å². The molecule has 0 bridgehead atoms. The standard InChI is InChI=1S/C14H11Cl2NO3S/c15-11-7-10(12(16)21-11)13(18)17-5-4-8-2-1-3-9(6-8)14(19)20/h1-3,6-7H,4-5H2,(H,17,18)(H,19,20). The molecule has 110 valence electrons. The van der Waals surface area contributed by atoms with Crippen LogP contribution in [0.5, 0.6) is 0 Å². The van der Waals surface area contributed by atoms with Crippen LogP contribution in [0.4, 0.5) is 0 Å². The molecule has 2 aromatic rings. The lowest BCUT2D eigenvalue weighted by Gasteiger charge is -2.05. The van der Waals surface area contributed by atoms with Crippen molar-refractivity contribution in [3.8, 4) is 0 Å². The van der Waals surface area contributed by atoms with Crippen molar-refractivity contribution >= 4 is 46.4 Å². The Morgan fingerprint density at radius 1 is 1.24 bits per heavy atom. The first kappa shape index (κ1) is 15.8. The van der Waals surface area contributed by atoms with Gasteiger partial charge in [-0.15, -0.1) is 11.3 Å². The van der Waals surface area contributed by atoms with E-state index in [1.54, 1.807) is 12.1 Å². The molecule has 1 heterocycles. The summed E-state index contributed by atoms with van der Waals surface area (Å²) < 4.78 is 0.810. The zero-order chi connectivity index (χ0) is 15.4. The largest absolute Gasteiger partial charge is 0.478 e. The van der Waals surface area contributed by atoms with E-state index in [9.17, 15) is 9.59 Å². The molecule has 0 aliphatic heterocycles. The van der Waals surface area contributed by atoms with Crippen LogP contribution in [0.15, 0.2) is 30.3 Å². The molecule has 0 fully saturated rings. The van der Waals surface area contributed by atoms with E-state index in [1.165, 1.54) is 12.1 Å². The van der Waals surface area contributed by atoms with Crippen LogP contribution in [-0.4, -0.2) is 23.5 Å². The van der Waals surface area contributed by atoms with E-state index >= 15 is 0 Å². The number of nitrogens with one attached hydrogen (secondary N) is 1. The summed E-state index contributed by atoms with van der Waals surface area (Å²) in [7, 11) is 0. The van der Waals surface area contributed by atoms with E-state index in [1.807, 2.05) is 6.07 Å². The summed E-state index contributed by atoms with van der Waals surface area (Å²) in [6, 6.07) is 8.12. The maximum atomic E-state index is 11.9. The van der Waals surface area contributed by atoms with Gasteiger partial charge in [0.25, 0.3) is 5.91 Å². The highest BCUT2D eigenvalue weighted by molar-refractivity contribution is 7.20. The van der Waals surface area contributed by atoms with Gasteiger partial charge in [-0.25, -0.2) is 4.79 Å². The molecule has 1 aromatic heterocycles. The van der Waals surface area contributed by atoms with Gasteiger partial charge < -0.3 is 10.4 Å². The molecule has 7 heteroatoms. The van der Waals surface area contributed by atoms with Crippen molar-refractivity contribution in [1.29, 1.82) is 0 Å². The number of carbonyl (C=O) groups excluding carboxylic acids is 1. The van der Waals surface area contributed by atoms with Gasteiger partial charge in [0.2, 0.25) is 0 Å². The van der Waals surface area contributed by atoms with Gasteiger partial charge in [0, 0.05) is 6.54 Å². The minimum Gasteiger partial charge on any atom is -0.478 e. The average molecular weight is 344 g/mol. The Bertz CT molecular complexity index is 685. The molecule has 0 atom stereocenters. The Morgan fingerprint density at radius 3 is 2.62 bits per heavy atom. The van der Waals surface area contributed by atoms with E-state index in [2.05, 4.69) is 5.32 Å². The number of carboxylic acid groups (broad SMARTS) is 1. The van der Waals surface area contributed by atoms with Gasteiger partial charge in [0.15, 0.2) is 0 Å². The highest BCUT2D eigenvalue weighted by Crippen LogP contribution is 2.30. The molecule has 2 N–H and O–H groups in total. The maximum absolute atomic E-state index is 11.9. The third-order valence-corrected chi connectivity index (χ3v) is 4.26. The number of carboxylic acids is 1. The number of carbonyl (C=O) groups is 2. The monoisotopic (exact) mass is 343 g/mol. The Morgan fingerprint density at radius 2 is 2.00 bits per heavy atom. The van der Waals surface area contributed by atoms with Gasteiger partial charge in [-0.3, -0.25) is 4.79 Å². The number of benzene rings is 1. The number of amides is 1. The van der Waals surface area contributed by atoms with Gasteiger partial charge in [0.05, 0.1) is 15.5 Å². The minimum absolute atomic E-state index is 0.228. The SMILES string of the molecule is O=C(O)c1cccc(CCNC(=O)c2cc(Cl)sc2Cl)c1. The Kier molecular flexibility index (Phi) is 5.22. The first-order valence-electron chi connectivity index (χ1n) is 6.02. The molecular weight excluding hydrogens is 333 g/mol. The maximum Gasteiger partial charge on any atom is 0.335 e. The van der Waals surface area contributed by atoms with Crippen LogP contribution >= 0.6 is 34.5 Å². The van der Waals surface area contributed by atoms with Crippen molar-refractivity contribution in [2.24, 2.45) is 0 Å². The second-order valence-corrected chi connectivity index (χ2v) is 6.53. The first-order valence-corrected chi connectivity index (χ1v) is 7.60. The average Bonchev–Trinajstić information content (AvgIpc) is 2.78. The summed E-state index contributed by atoms with van der Waals surface area (Å²) >= 11 is 12.8. The molecule has 1 aromatic carbocycles. The van der Waals surface area contributed by atoms with E-state index in [4.69, 9.17) is 28.3 Å². The smallest absolute Gasteiger partial charge is 0.335 e. The van der Waals surface area contributed by atoms with Crippen molar-refractivity contribution in [3.05, 3.63) is 55.7 Å². The fraction of sp³-hybridized carbons (Fsp3) is 0.143. The molecule has 0 unspecified atom stereocenters. The molecule has 0 aliphatic rings. The number of rotatable bonds is 5. The lowest BCUT2D eigenvalue weighted by Crippen LogP contribution is -2.25. The van der Waals surface area contributed by atoms with Crippen molar-refractivity contribution in [2.45, 2.75) is 6.42 Å². The number of hydrogen-bond donors (Lipinski definition) is 2. The number of hydrogen-bond acceptors (Lipinski definition) is 3. The first-order chi connectivity index (χ1) is 9.97. The summed E-state index contributed by atoms with van der Waals surface area (Å²) in [4.78, 5) is 22.8. The van der Waals surface area contributed by atoms with Gasteiger partial charge in [-0.2, -0.15) is 0 Å². The third-order valence-electron chi connectivity index (χ3n) is 2.77. The van der Waals surface area contributed by atoms with Crippen LogP contribution in [0.25, 0.3) is 0 Å². The normalized spacial score (nSPS) is 10.4. The van der Waals surface area contributed by atoms with Crippen molar-refractivity contribution in [2.75, 3.05) is 6.54 Å². The van der Waals surface area contributed by atoms with Crippen molar-refractivity contribution in [1.82, 2.24) is 5.32 Å². The van der Waals surface area contributed by atoms with Crippen LogP contribution in [-0.2, 0) is 6.42 Å². The van der Waals surface area contributed by atoms with Crippen LogP contribution in [0.3, 0.4) is 0 Å². The summed E-state index contributed by atoms with van der Waals surface area (Å²) in [5.74, 6) is -1.27. The Balaban J connectivity index is 1.92. The molecule has 0 saturated carbocycles. The Hall–Kier alpha value is -1.56. The number of aromatic carboxylic acids is 1. The van der Waals surface area contributed by atoms with Crippen molar-refractivity contribution in [3.63, 3.8) is 0 Å². The van der Waals surface area contributed by atoms with Crippen LogP contribution in [0.1, 0.15) is 26.3 Å². The summed E-state index contributed by atoms with van der Waals surface area (Å²) in [5, 5.41) is 11.6. The topological polar surface area (TPSA) is 66.4 Å². The van der Waals surface area contributed by atoms with E-state index < -0.39 is 5.97 Å². The van der Waals surface area contributed by atoms with E-state index in [0.717, 1.165) is 16.9 Å². The van der Waals surface area contributed by atoms with Gasteiger partial charge >= 0.3 is 5.97 Å². The molecule has 0 radical (unpaired) electrons. The fourth-order valence-corrected chi connectivity index (χ4v) is 3.23.